The Labute approximate surface area is 165 Å². The van der Waals surface area contributed by atoms with Gasteiger partial charge in [-0.15, -0.1) is 11.3 Å². The molecule has 2 atom stereocenters. The predicted octanol–water partition coefficient (Wildman–Crippen LogP) is 4.56. The molecule has 5 nitrogen and oxygen atoms in total. The second kappa shape index (κ2) is 8.41. The Morgan fingerprint density at radius 3 is 2.81 bits per heavy atom. The molecule has 1 aliphatic heterocycles. The molecule has 3 rings (SSSR count). The number of carboxylic acids is 1. The van der Waals surface area contributed by atoms with Crippen LogP contribution in [0, 0.1) is 0 Å². The SMILES string of the molecule is CCOc1cc(C(c2ccc(Br)s2)N2CCCC2C(=O)O)ccc1OC. The van der Waals surface area contributed by atoms with Crippen LogP contribution in [0.25, 0.3) is 0 Å². The topological polar surface area (TPSA) is 59.0 Å². The molecule has 7 heteroatoms. The van der Waals surface area contributed by atoms with Crippen molar-refractivity contribution in [2.24, 2.45) is 0 Å². The molecule has 1 N–H and O–H groups in total. The lowest BCUT2D eigenvalue weighted by Gasteiger charge is -2.31. The van der Waals surface area contributed by atoms with Gasteiger partial charge in [-0.2, -0.15) is 0 Å². The Morgan fingerprint density at radius 2 is 2.19 bits per heavy atom. The number of rotatable bonds is 7. The van der Waals surface area contributed by atoms with Crippen molar-refractivity contribution >= 4 is 33.2 Å². The van der Waals surface area contributed by atoms with Gasteiger partial charge in [0.25, 0.3) is 0 Å². The van der Waals surface area contributed by atoms with Crippen LogP contribution in [-0.4, -0.2) is 42.3 Å². The first kappa shape index (κ1) is 19.2. The zero-order chi connectivity index (χ0) is 18.7. The number of hydrogen-bond donors (Lipinski definition) is 1. The maximum absolute atomic E-state index is 11.8. The van der Waals surface area contributed by atoms with E-state index in [-0.39, 0.29) is 6.04 Å². The van der Waals surface area contributed by atoms with Gasteiger partial charge in [0, 0.05) is 11.4 Å². The highest BCUT2D eigenvalue weighted by Crippen LogP contribution is 2.41. The number of nitrogens with zero attached hydrogens (tertiary/aromatic N) is 1. The second-order valence-corrected chi connectivity index (χ2v) is 8.62. The van der Waals surface area contributed by atoms with Crippen LogP contribution in [0.1, 0.15) is 36.2 Å². The van der Waals surface area contributed by atoms with Crippen molar-refractivity contribution in [3.63, 3.8) is 0 Å². The van der Waals surface area contributed by atoms with Crippen LogP contribution >= 0.6 is 27.3 Å². The van der Waals surface area contributed by atoms with E-state index < -0.39 is 12.0 Å². The summed E-state index contributed by atoms with van der Waals surface area (Å²) in [6.07, 6.45) is 1.56. The van der Waals surface area contributed by atoms with Gasteiger partial charge in [-0.3, -0.25) is 9.69 Å². The number of carbonyl (C=O) groups is 1. The fourth-order valence-corrected chi connectivity index (χ4v) is 5.06. The number of carboxylic acid groups (broad SMARTS) is 1. The van der Waals surface area contributed by atoms with Gasteiger partial charge in [-0.25, -0.2) is 0 Å². The number of likely N-dealkylation sites (tertiary alicyclic amines) is 1. The Kier molecular flexibility index (Phi) is 6.21. The Morgan fingerprint density at radius 1 is 1.38 bits per heavy atom. The van der Waals surface area contributed by atoms with Crippen LogP contribution in [0.5, 0.6) is 11.5 Å². The summed E-state index contributed by atoms with van der Waals surface area (Å²) in [5.41, 5.74) is 1.01. The van der Waals surface area contributed by atoms with E-state index in [0.29, 0.717) is 24.5 Å². The van der Waals surface area contributed by atoms with Crippen molar-refractivity contribution in [2.45, 2.75) is 31.8 Å². The molecule has 1 aromatic carbocycles. The van der Waals surface area contributed by atoms with E-state index in [0.717, 1.165) is 27.2 Å². The van der Waals surface area contributed by atoms with Gasteiger partial charge in [0.1, 0.15) is 6.04 Å². The normalized spacial score (nSPS) is 18.7. The molecule has 0 aliphatic carbocycles. The van der Waals surface area contributed by atoms with Crippen molar-refractivity contribution in [3.05, 3.63) is 44.6 Å². The number of halogens is 1. The number of thiophene rings is 1. The zero-order valence-electron chi connectivity index (χ0n) is 14.8. The summed E-state index contributed by atoms with van der Waals surface area (Å²) in [5, 5.41) is 9.66. The van der Waals surface area contributed by atoms with Crippen LogP contribution in [0.15, 0.2) is 34.1 Å². The summed E-state index contributed by atoms with van der Waals surface area (Å²) in [6, 6.07) is 9.32. The van der Waals surface area contributed by atoms with Crippen molar-refractivity contribution in [1.82, 2.24) is 4.90 Å². The van der Waals surface area contributed by atoms with Gasteiger partial charge in [-0.05, 0) is 65.5 Å². The minimum atomic E-state index is -0.762. The molecule has 0 saturated carbocycles. The molecule has 1 fully saturated rings. The van der Waals surface area contributed by atoms with Crippen LogP contribution in [0.4, 0.5) is 0 Å². The maximum Gasteiger partial charge on any atom is 0.320 e. The third-order valence-corrected chi connectivity index (χ3v) is 6.25. The van der Waals surface area contributed by atoms with Crippen molar-refractivity contribution in [1.29, 1.82) is 0 Å². The molecule has 0 amide bonds. The molecule has 2 unspecified atom stereocenters. The minimum absolute atomic E-state index is 0.125. The van der Waals surface area contributed by atoms with E-state index in [9.17, 15) is 9.90 Å². The lowest BCUT2D eigenvalue weighted by Crippen LogP contribution is -2.39. The van der Waals surface area contributed by atoms with Gasteiger partial charge in [-0.1, -0.05) is 6.07 Å². The number of methoxy groups -OCH3 is 1. The third kappa shape index (κ3) is 3.89. The van der Waals surface area contributed by atoms with E-state index in [1.54, 1.807) is 18.4 Å². The van der Waals surface area contributed by atoms with Gasteiger partial charge in [0.2, 0.25) is 0 Å². The molecule has 2 aromatic rings. The fourth-order valence-electron chi connectivity index (χ4n) is 3.49. The summed E-state index contributed by atoms with van der Waals surface area (Å²) < 4.78 is 12.2. The summed E-state index contributed by atoms with van der Waals surface area (Å²) in [5.74, 6) is 0.596. The molecule has 0 spiro atoms. The number of benzene rings is 1. The molecule has 0 bridgehead atoms. The smallest absolute Gasteiger partial charge is 0.320 e. The summed E-state index contributed by atoms with van der Waals surface area (Å²) in [6.45, 7) is 3.23. The second-order valence-electron chi connectivity index (χ2n) is 6.12. The van der Waals surface area contributed by atoms with Crippen molar-refractivity contribution in [2.75, 3.05) is 20.3 Å². The van der Waals surface area contributed by atoms with E-state index in [1.807, 2.05) is 31.2 Å². The van der Waals surface area contributed by atoms with E-state index in [4.69, 9.17) is 9.47 Å². The molecule has 26 heavy (non-hydrogen) atoms. The van der Waals surface area contributed by atoms with Crippen LogP contribution in [0.3, 0.4) is 0 Å². The highest BCUT2D eigenvalue weighted by atomic mass is 79.9. The van der Waals surface area contributed by atoms with Crippen LogP contribution in [-0.2, 0) is 4.79 Å². The number of aliphatic carboxylic acids is 1. The first-order valence-corrected chi connectivity index (χ1v) is 10.2. The van der Waals surface area contributed by atoms with Crippen LogP contribution in [0.2, 0.25) is 0 Å². The number of hydrogen-bond acceptors (Lipinski definition) is 5. The van der Waals surface area contributed by atoms with Gasteiger partial charge in [0.05, 0.1) is 23.5 Å². The molecule has 0 radical (unpaired) electrons. The minimum Gasteiger partial charge on any atom is -0.493 e. The Hall–Kier alpha value is -1.57. The van der Waals surface area contributed by atoms with E-state index >= 15 is 0 Å². The monoisotopic (exact) mass is 439 g/mol. The van der Waals surface area contributed by atoms with Crippen molar-refractivity contribution < 1.29 is 19.4 Å². The first-order chi connectivity index (χ1) is 12.5. The standard InChI is InChI=1S/C19H22BrNO4S/c1-3-25-15-11-12(6-7-14(15)24-2)18(16-8-9-17(20)26-16)21-10-4-5-13(21)19(22)23/h6-9,11,13,18H,3-5,10H2,1-2H3,(H,22,23). The summed E-state index contributed by atoms with van der Waals surface area (Å²) in [4.78, 5) is 15.0. The third-order valence-electron chi connectivity index (χ3n) is 4.58. The van der Waals surface area contributed by atoms with Gasteiger partial charge < -0.3 is 14.6 Å². The van der Waals surface area contributed by atoms with Gasteiger partial charge in [0.15, 0.2) is 11.5 Å². The molecular formula is C19H22BrNO4S. The average molecular weight is 440 g/mol. The molecule has 1 aromatic heterocycles. The van der Waals surface area contributed by atoms with E-state index in [2.05, 4.69) is 26.9 Å². The fraction of sp³-hybridized carbons (Fsp3) is 0.421. The summed E-state index contributed by atoms with van der Waals surface area (Å²) in [7, 11) is 1.62. The largest absolute Gasteiger partial charge is 0.493 e. The molecule has 1 aliphatic rings. The molecular weight excluding hydrogens is 418 g/mol. The average Bonchev–Trinajstić information content (AvgIpc) is 3.26. The highest BCUT2D eigenvalue weighted by molar-refractivity contribution is 9.11. The molecule has 140 valence electrons. The molecule has 2 heterocycles. The van der Waals surface area contributed by atoms with Crippen molar-refractivity contribution in [3.8, 4) is 11.5 Å². The lowest BCUT2D eigenvalue weighted by molar-refractivity contribution is -0.142. The predicted molar refractivity (Wildman–Crippen MR) is 105 cm³/mol. The maximum atomic E-state index is 11.8. The Balaban J connectivity index is 2.06. The highest BCUT2D eigenvalue weighted by Gasteiger charge is 2.37. The van der Waals surface area contributed by atoms with Gasteiger partial charge >= 0.3 is 5.97 Å². The Bertz CT molecular complexity index is 779. The summed E-state index contributed by atoms with van der Waals surface area (Å²) >= 11 is 5.16. The molecule has 1 saturated heterocycles. The van der Waals surface area contributed by atoms with E-state index in [1.165, 1.54) is 0 Å². The first-order valence-electron chi connectivity index (χ1n) is 8.59. The number of ether oxygens (including phenoxy) is 2. The quantitative estimate of drug-likeness (QED) is 0.685. The lowest BCUT2D eigenvalue weighted by atomic mass is 10.0. The zero-order valence-corrected chi connectivity index (χ0v) is 17.2. The van der Waals surface area contributed by atoms with Crippen LogP contribution < -0.4 is 9.47 Å².